The summed E-state index contributed by atoms with van der Waals surface area (Å²) in [4.78, 5) is 0. The van der Waals surface area contributed by atoms with Crippen LogP contribution >= 0.6 is 27.5 Å². The number of hydrogen-bond acceptors (Lipinski definition) is 3. The summed E-state index contributed by atoms with van der Waals surface area (Å²) in [6, 6.07) is 12.6. The van der Waals surface area contributed by atoms with Crippen LogP contribution in [0.3, 0.4) is 0 Å². The molecule has 0 spiro atoms. The first kappa shape index (κ1) is 15.4. The van der Waals surface area contributed by atoms with Crippen LogP contribution in [0.5, 0.6) is 11.5 Å². The maximum Gasteiger partial charge on any atom is 0.172 e. The molecule has 2 aromatic rings. The normalized spacial score (nSPS) is 11.0. The number of hydrogen-bond donors (Lipinski definition) is 1. The summed E-state index contributed by atoms with van der Waals surface area (Å²) >= 11 is 9.10. The van der Waals surface area contributed by atoms with Crippen LogP contribution in [0.15, 0.2) is 40.9 Å². The molecule has 2 rings (SSSR count). The Hall–Kier alpha value is -1.96. The predicted molar refractivity (Wildman–Crippen MR) is 87.3 cm³/mol. The van der Waals surface area contributed by atoms with E-state index in [-0.39, 0.29) is 5.75 Å². The number of rotatable bonds is 3. The van der Waals surface area contributed by atoms with E-state index in [2.05, 4.69) is 22.0 Å². The molecule has 0 aliphatic rings. The number of methoxy groups -OCH3 is 1. The van der Waals surface area contributed by atoms with Gasteiger partial charge in [-0.3, -0.25) is 0 Å². The van der Waals surface area contributed by atoms with Crippen molar-refractivity contribution in [1.82, 2.24) is 0 Å². The Morgan fingerprint density at radius 3 is 2.57 bits per heavy atom. The second kappa shape index (κ2) is 6.66. The molecule has 0 saturated heterocycles. The summed E-state index contributed by atoms with van der Waals surface area (Å²) in [6.07, 6.45) is 1.72. The number of halogens is 2. The molecule has 0 radical (unpaired) electrons. The van der Waals surface area contributed by atoms with E-state index in [1.54, 1.807) is 42.5 Å². The summed E-state index contributed by atoms with van der Waals surface area (Å²) in [5, 5.41) is 19.7. The molecule has 0 amide bonds. The van der Waals surface area contributed by atoms with Gasteiger partial charge in [0.1, 0.15) is 0 Å². The molecule has 21 heavy (non-hydrogen) atoms. The van der Waals surface area contributed by atoms with Crippen molar-refractivity contribution < 1.29 is 9.84 Å². The molecule has 3 nitrogen and oxygen atoms in total. The summed E-state index contributed by atoms with van der Waals surface area (Å²) < 4.78 is 5.59. The first-order valence-corrected chi connectivity index (χ1v) is 7.16. The second-order valence-corrected chi connectivity index (χ2v) is 5.52. The van der Waals surface area contributed by atoms with E-state index in [4.69, 9.17) is 16.3 Å². The Balaban J connectivity index is 2.48. The zero-order valence-corrected chi connectivity index (χ0v) is 13.4. The molecule has 0 saturated carbocycles. The minimum atomic E-state index is 0.0275. The molecular formula is C16H11BrClNO2. The number of aromatic hydroxyl groups is 1. The summed E-state index contributed by atoms with van der Waals surface area (Å²) in [7, 11) is 1.47. The van der Waals surface area contributed by atoms with Crippen LogP contribution in [0.25, 0.3) is 11.6 Å². The molecule has 2 aromatic carbocycles. The first-order valence-electron chi connectivity index (χ1n) is 5.99. The molecule has 0 atom stereocenters. The Bertz CT molecular complexity index is 733. The van der Waals surface area contributed by atoms with Gasteiger partial charge < -0.3 is 9.84 Å². The molecule has 0 aliphatic heterocycles. The van der Waals surface area contributed by atoms with Crippen LogP contribution in [0.4, 0.5) is 0 Å². The molecule has 0 heterocycles. The highest BCUT2D eigenvalue weighted by molar-refractivity contribution is 9.10. The van der Waals surface area contributed by atoms with Crippen molar-refractivity contribution in [3.8, 4) is 17.6 Å². The smallest absolute Gasteiger partial charge is 0.172 e. The average Bonchev–Trinajstić information content (AvgIpc) is 2.49. The number of ether oxygens (including phenoxy) is 1. The van der Waals surface area contributed by atoms with E-state index in [1.807, 2.05) is 0 Å². The SMILES string of the molecule is COc1cc(/C=C(/C#N)c2ccc(Cl)cc2)cc(Br)c1O. The van der Waals surface area contributed by atoms with Crippen molar-refractivity contribution in [3.63, 3.8) is 0 Å². The number of benzene rings is 2. The number of nitrogens with zero attached hydrogens (tertiary/aromatic N) is 1. The van der Waals surface area contributed by atoms with E-state index in [0.29, 0.717) is 20.8 Å². The Labute approximate surface area is 136 Å². The number of nitriles is 1. The fourth-order valence-corrected chi connectivity index (χ4v) is 2.39. The summed E-state index contributed by atoms with van der Waals surface area (Å²) in [5.74, 6) is 0.365. The highest BCUT2D eigenvalue weighted by Crippen LogP contribution is 2.36. The zero-order chi connectivity index (χ0) is 15.4. The Kier molecular flexibility index (Phi) is 4.89. The maximum atomic E-state index is 9.79. The molecule has 5 heteroatoms. The van der Waals surface area contributed by atoms with Crippen molar-refractivity contribution in [2.24, 2.45) is 0 Å². The largest absolute Gasteiger partial charge is 0.503 e. The second-order valence-electron chi connectivity index (χ2n) is 4.23. The lowest BCUT2D eigenvalue weighted by Gasteiger charge is -2.07. The van der Waals surface area contributed by atoms with Crippen LogP contribution in [0.1, 0.15) is 11.1 Å². The monoisotopic (exact) mass is 363 g/mol. The molecule has 0 aromatic heterocycles. The minimum Gasteiger partial charge on any atom is -0.503 e. The van der Waals surface area contributed by atoms with Gasteiger partial charge in [-0.1, -0.05) is 23.7 Å². The number of allylic oxidation sites excluding steroid dienone is 1. The van der Waals surface area contributed by atoms with E-state index in [1.165, 1.54) is 7.11 Å². The fourth-order valence-electron chi connectivity index (χ4n) is 1.81. The van der Waals surface area contributed by atoms with Crippen molar-refractivity contribution >= 4 is 39.2 Å². The third-order valence-electron chi connectivity index (χ3n) is 2.86. The van der Waals surface area contributed by atoms with Crippen LogP contribution in [0.2, 0.25) is 5.02 Å². The number of phenols is 1. The lowest BCUT2D eigenvalue weighted by Crippen LogP contribution is -1.87. The van der Waals surface area contributed by atoms with Crippen LogP contribution in [-0.2, 0) is 0 Å². The van der Waals surface area contributed by atoms with Crippen molar-refractivity contribution in [1.29, 1.82) is 5.26 Å². The van der Waals surface area contributed by atoms with Crippen LogP contribution in [-0.4, -0.2) is 12.2 Å². The Morgan fingerprint density at radius 1 is 1.33 bits per heavy atom. The van der Waals surface area contributed by atoms with Crippen molar-refractivity contribution in [2.75, 3.05) is 7.11 Å². The van der Waals surface area contributed by atoms with Crippen molar-refractivity contribution in [3.05, 3.63) is 57.0 Å². The quantitative estimate of drug-likeness (QED) is 0.624. The van der Waals surface area contributed by atoms with E-state index in [9.17, 15) is 10.4 Å². The zero-order valence-electron chi connectivity index (χ0n) is 11.1. The van der Waals surface area contributed by atoms with Crippen LogP contribution < -0.4 is 4.74 Å². The van der Waals surface area contributed by atoms with E-state index >= 15 is 0 Å². The molecule has 106 valence electrons. The van der Waals surface area contributed by atoms with Gasteiger partial charge in [0.15, 0.2) is 11.5 Å². The molecule has 0 unspecified atom stereocenters. The van der Waals surface area contributed by atoms with Gasteiger partial charge in [-0.25, -0.2) is 0 Å². The predicted octanol–water partition coefficient (Wildman–Crippen LogP) is 4.88. The number of phenolic OH excluding ortho intramolecular Hbond substituents is 1. The topological polar surface area (TPSA) is 53.2 Å². The van der Waals surface area contributed by atoms with Gasteiger partial charge in [-0.15, -0.1) is 0 Å². The maximum absolute atomic E-state index is 9.79. The van der Waals surface area contributed by atoms with E-state index in [0.717, 1.165) is 11.1 Å². The molecule has 0 bridgehead atoms. The van der Waals surface area contributed by atoms with Gasteiger partial charge in [-0.05, 0) is 57.4 Å². The van der Waals surface area contributed by atoms with Crippen molar-refractivity contribution in [2.45, 2.75) is 0 Å². The average molecular weight is 365 g/mol. The van der Waals surface area contributed by atoms with Gasteiger partial charge in [-0.2, -0.15) is 5.26 Å². The lowest BCUT2D eigenvalue weighted by atomic mass is 10.0. The minimum absolute atomic E-state index is 0.0275. The molecule has 0 fully saturated rings. The highest BCUT2D eigenvalue weighted by atomic mass is 79.9. The molecule has 0 aliphatic carbocycles. The Morgan fingerprint density at radius 2 is 2.00 bits per heavy atom. The first-order chi connectivity index (χ1) is 10.0. The van der Waals surface area contributed by atoms with E-state index < -0.39 is 0 Å². The summed E-state index contributed by atoms with van der Waals surface area (Å²) in [5.41, 5.74) is 2.00. The van der Waals surface area contributed by atoms with Gasteiger partial charge in [0.05, 0.1) is 23.2 Å². The van der Waals surface area contributed by atoms with Crippen LogP contribution in [0, 0.1) is 11.3 Å². The third kappa shape index (κ3) is 3.57. The fraction of sp³-hybridized carbons (Fsp3) is 0.0625. The third-order valence-corrected chi connectivity index (χ3v) is 3.71. The van der Waals surface area contributed by atoms with Gasteiger partial charge >= 0.3 is 0 Å². The summed E-state index contributed by atoms with van der Waals surface area (Å²) in [6.45, 7) is 0. The molecular weight excluding hydrogens is 354 g/mol. The van der Waals surface area contributed by atoms with Gasteiger partial charge in [0, 0.05) is 5.02 Å². The van der Waals surface area contributed by atoms with Gasteiger partial charge in [0.2, 0.25) is 0 Å². The van der Waals surface area contributed by atoms with Gasteiger partial charge in [0.25, 0.3) is 0 Å². The lowest BCUT2D eigenvalue weighted by molar-refractivity contribution is 0.372. The molecule has 1 N–H and O–H groups in total. The standard InChI is InChI=1S/C16H11BrClNO2/c1-21-15-8-10(7-14(17)16(15)20)6-12(9-19)11-2-4-13(18)5-3-11/h2-8,20H,1H3/b12-6-. The highest BCUT2D eigenvalue weighted by Gasteiger charge is 2.09.